The molecule has 0 aliphatic rings. The highest BCUT2D eigenvalue weighted by Gasteiger charge is 2.19. The van der Waals surface area contributed by atoms with Crippen molar-refractivity contribution in [2.75, 3.05) is 13.2 Å². The van der Waals surface area contributed by atoms with Gasteiger partial charge in [0.15, 0.2) is 6.10 Å². The van der Waals surface area contributed by atoms with Gasteiger partial charge in [0.05, 0.1) is 0 Å². The van der Waals surface area contributed by atoms with Gasteiger partial charge in [-0.25, -0.2) is 0 Å². The van der Waals surface area contributed by atoms with Crippen LogP contribution in [-0.2, 0) is 28.6 Å². The average Bonchev–Trinajstić information content (AvgIpc) is 3.19. The van der Waals surface area contributed by atoms with Gasteiger partial charge in [0, 0.05) is 19.3 Å². The Bertz CT molecular complexity index is 1040. The lowest BCUT2D eigenvalue weighted by molar-refractivity contribution is -0.166. The number of carbonyl (C=O) groups is 3. The van der Waals surface area contributed by atoms with Gasteiger partial charge in [0.25, 0.3) is 0 Å². The number of esters is 3. The summed E-state index contributed by atoms with van der Waals surface area (Å²) in [7, 11) is 0. The quantitative estimate of drug-likeness (QED) is 0.0266. The van der Waals surface area contributed by atoms with Crippen LogP contribution >= 0.6 is 0 Å². The normalized spacial score (nSPS) is 12.6. The first-order chi connectivity index (χ1) is 27.5. The second-order valence-corrected chi connectivity index (χ2v) is 15.3. The molecule has 0 radical (unpaired) electrons. The van der Waals surface area contributed by atoms with Crippen molar-refractivity contribution in [3.63, 3.8) is 0 Å². The fourth-order valence-electron chi connectivity index (χ4n) is 6.27. The summed E-state index contributed by atoms with van der Waals surface area (Å²) in [6.45, 7) is 6.42. The molecule has 0 heterocycles. The van der Waals surface area contributed by atoms with Crippen LogP contribution in [0.4, 0.5) is 0 Å². The Balaban J connectivity index is 4.43. The maximum Gasteiger partial charge on any atom is 0.306 e. The molecule has 0 N–H and O–H groups in total. The minimum absolute atomic E-state index is 0.100. The third-order valence-electron chi connectivity index (χ3n) is 9.77. The van der Waals surface area contributed by atoms with E-state index >= 15 is 0 Å². The fourth-order valence-corrected chi connectivity index (χ4v) is 6.27. The first kappa shape index (κ1) is 53.1. The van der Waals surface area contributed by atoms with Crippen LogP contribution in [0.25, 0.3) is 0 Å². The van der Waals surface area contributed by atoms with Crippen LogP contribution < -0.4 is 0 Å². The minimum Gasteiger partial charge on any atom is -0.462 e. The highest BCUT2D eigenvalue weighted by Crippen LogP contribution is 2.13. The van der Waals surface area contributed by atoms with Gasteiger partial charge >= 0.3 is 17.9 Å². The third kappa shape index (κ3) is 42.3. The van der Waals surface area contributed by atoms with E-state index in [1.165, 1.54) is 96.3 Å². The second kappa shape index (κ2) is 44.8. The Morgan fingerprint density at radius 1 is 0.375 bits per heavy atom. The van der Waals surface area contributed by atoms with E-state index in [1.54, 1.807) is 0 Å². The largest absolute Gasteiger partial charge is 0.462 e. The Kier molecular flexibility index (Phi) is 42.5. The molecule has 0 amide bonds. The summed E-state index contributed by atoms with van der Waals surface area (Å²) in [6, 6.07) is 0. The van der Waals surface area contributed by atoms with E-state index in [1.807, 2.05) is 6.08 Å². The lowest BCUT2D eigenvalue weighted by Gasteiger charge is -2.18. The molecule has 322 valence electrons. The fraction of sp³-hybridized carbons (Fsp3) is 0.740. The maximum absolute atomic E-state index is 12.7. The molecule has 0 aliphatic carbocycles. The van der Waals surface area contributed by atoms with Gasteiger partial charge in [0.2, 0.25) is 0 Å². The summed E-state index contributed by atoms with van der Waals surface area (Å²) in [5.74, 6) is -0.987. The lowest BCUT2D eigenvalue weighted by Crippen LogP contribution is -2.30. The Morgan fingerprint density at radius 3 is 1.16 bits per heavy atom. The maximum atomic E-state index is 12.7. The van der Waals surface area contributed by atoms with Crippen LogP contribution in [0, 0.1) is 0 Å². The molecule has 0 aromatic carbocycles. The van der Waals surface area contributed by atoms with E-state index in [9.17, 15) is 14.4 Å². The number of hydrogen-bond acceptors (Lipinski definition) is 6. The van der Waals surface area contributed by atoms with Gasteiger partial charge in [-0.05, 0) is 70.6 Å². The van der Waals surface area contributed by atoms with E-state index in [0.29, 0.717) is 19.3 Å². The van der Waals surface area contributed by atoms with Crippen LogP contribution in [0.5, 0.6) is 0 Å². The molecule has 1 atom stereocenters. The molecule has 0 spiro atoms. The molecule has 0 aromatic heterocycles. The van der Waals surface area contributed by atoms with Gasteiger partial charge < -0.3 is 14.2 Å². The highest BCUT2D eigenvalue weighted by atomic mass is 16.6. The smallest absolute Gasteiger partial charge is 0.306 e. The van der Waals surface area contributed by atoms with Crippen molar-refractivity contribution in [1.82, 2.24) is 0 Å². The Morgan fingerprint density at radius 2 is 0.732 bits per heavy atom. The Hall–Kier alpha value is -2.89. The highest BCUT2D eigenvalue weighted by molar-refractivity contribution is 5.71. The first-order valence-corrected chi connectivity index (χ1v) is 23.3. The van der Waals surface area contributed by atoms with Crippen LogP contribution in [0.1, 0.15) is 220 Å². The summed E-state index contributed by atoms with van der Waals surface area (Å²) >= 11 is 0. The van der Waals surface area contributed by atoms with Gasteiger partial charge in [-0.15, -0.1) is 0 Å². The molecular formula is C50H86O6. The predicted octanol–water partition coefficient (Wildman–Crippen LogP) is 14.9. The van der Waals surface area contributed by atoms with Crippen molar-refractivity contribution in [1.29, 1.82) is 0 Å². The molecule has 6 heteroatoms. The van der Waals surface area contributed by atoms with E-state index in [4.69, 9.17) is 14.2 Å². The molecule has 0 aliphatic heterocycles. The molecule has 6 nitrogen and oxygen atoms in total. The molecule has 0 rings (SSSR count). The standard InChI is InChI=1S/C50H86O6/c1-4-7-10-13-16-19-21-23-24-25-27-28-31-34-37-40-43-49(52)55-46-47(45-54-48(51)42-39-36-33-30-18-15-12-9-6-3)56-50(53)44-41-38-35-32-29-26-22-20-17-14-11-8-5-2/h7,10,16,19,23-24,26,29,35,38,47H,4-6,8-9,11-15,17-18,20-22,25,27-28,30-34,36-37,39-46H2,1-3H3/b10-7-,19-16-,24-23-,29-26-,38-35-. The topological polar surface area (TPSA) is 78.9 Å². The Labute approximate surface area is 345 Å². The van der Waals surface area contributed by atoms with Crippen molar-refractivity contribution in [2.45, 2.75) is 226 Å². The minimum atomic E-state index is -0.805. The SMILES string of the molecule is CC/C=C\C/C=C\C/C=C\CCCCCCCCC(=O)OCC(COC(=O)CCCCCCCCCCC)OC(=O)CC/C=C\C/C=C\CCCCCCCC. The van der Waals surface area contributed by atoms with Gasteiger partial charge in [-0.1, -0.05) is 191 Å². The molecule has 0 fully saturated rings. The van der Waals surface area contributed by atoms with Crippen molar-refractivity contribution in [2.24, 2.45) is 0 Å². The molecule has 0 aromatic rings. The van der Waals surface area contributed by atoms with Crippen LogP contribution in [0.3, 0.4) is 0 Å². The zero-order valence-corrected chi connectivity index (χ0v) is 36.6. The van der Waals surface area contributed by atoms with Gasteiger partial charge in [0.1, 0.15) is 13.2 Å². The molecule has 56 heavy (non-hydrogen) atoms. The number of hydrogen-bond donors (Lipinski definition) is 0. The first-order valence-electron chi connectivity index (χ1n) is 23.3. The van der Waals surface area contributed by atoms with E-state index < -0.39 is 6.10 Å². The van der Waals surface area contributed by atoms with E-state index in [-0.39, 0.29) is 37.5 Å². The second-order valence-electron chi connectivity index (χ2n) is 15.3. The molecule has 0 saturated heterocycles. The van der Waals surface area contributed by atoms with Crippen molar-refractivity contribution in [3.05, 3.63) is 60.8 Å². The molecule has 0 saturated carbocycles. The molecule has 0 bridgehead atoms. The zero-order chi connectivity index (χ0) is 40.8. The van der Waals surface area contributed by atoms with E-state index in [2.05, 4.69) is 75.5 Å². The summed E-state index contributed by atoms with van der Waals surface area (Å²) in [5, 5.41) is 0. The molecular weight excluding hydrogens is 697 g/mol. The monoisotopic (exact) mass is 783 g/mol. The van der Waals surface area contributed by atoms with Crippen LogP contribution in [0.2, 0.25) is 0 Å². The third-order valence-corrected chi connectivity index (χ3v) is 9.77. The summed E-state index contributed by atoms with van der Waals surface area (Å²) in [4.78, 5) is 37.7. The van der Waals surface area contributed by atoms with Crippen LogP contribution in [-0.4, -0.2) is 37.2 Å². The summed E-state index contributed by atoms with van der Waals surface area (Å²) in [5.41, 5.74) is 0. The summed E-state index contributed by atoms with van der Waals surface area (Å²) in [6.07, 6.45) is 53.6. The summed E-state index contributed by atoms with van der Waals surface area (Å²) < 4.78 is 16.6. The molecule has 1 unspecified atom stereocenters. The number of allylic oxidation sites excluding steroid dienone is 10. The van der Waals surface area contributed by atoms with Crippen molar-refractivity contribution in [3.8, 4) is 0 Å². The van der Waals surface area contributed by atoms with Crippen molar-refractivity contribution < 1.29 is 28.6 Å². The lowest BCUT2D eigenvalue weighted by atomic mass is 10.1. The number of carbonyl (C=O) groups excluding carboxylic acids is 3. The zero-order valence-electron chi connectivity index (χ0n) is 36.6. The number of rotatable bonds is 41. The van der Waals surface area contributed by atoms with Gasteiger partial charge in [-0.2, -0.15) is 0 Å². The number of unbranched alkanes of at least 4 members (excludes halogenated alkanes) is 20. The van der Waals surface area contributed by atoms with Crippen molar-refractivity contribution >= 4 is 17.9 Å². The van der Waals surface area contributed by atoms with E-state index in [0.717, 1.165) is 77.0 Å². The van der Waals surface area contributed by atoms with Crippen LogP contribution in [0.15, 0.2) is 60.8 Å². The predicted molar refractivity (Wildman–Crippen MR) is 238 cm³/mol. The average molecular weight is 783 g/mol. The van der Waals surface area contributed by atoms with Gasteiger partial charge in [-0.3, -0.25) is 14.4 Å². The number of ether oxygens (including phenoxy) is 3.